The van der Waals surface area contributed by atoms with Crippen molar-refractivity contribution in [3.8, 4) is 0 Å². The van der Waals surface area contributed by atoms with Gasteiger partial charge in [-0.15, -0.1) is 0 Å². The van der Waals surface area contributed by atoms with Crippen LogP contribution < -0.4 is 5.32 Å². The van der Waals surface area contributed by atoms with E-state index < -0.39 is 6.09 Å². The van der Waals surface area contributed by atoms with Gasteiger partial charge in [0.25, 0.3) is 0 Å². The first-order chi connectivity index (χ1) is 6.37. The van der Waals surface area contributed by atoms with Gasteiger partial charge in [0.05, 0.1) is 6.10 Å². The van der Waals surface area contributed by atoms with Gasteiger partial charge in [-0.1, -0.05) is 13.8 Å². The molecule has 84 valence electrons. The number of nitrogens with one attached hydrogen (secondary N) is 1. The maximum absolute atomic E-state index is 11.1. The van der Waals surface area contributed by atoms with Crippen LogP contribution in [0.5, 0.6) is 0 Å². The van der Waals surface area contributed by atoms with Crippen molar-refractivity contribution in [3.05, 3.63) is 0 Å². The van der Waals surface area contributed by atoms with Gasteiger partial charge in [-0.05, 0) is 25.7 Å². The molecule has 0 rings (SSSR count). The van der Waals surface area contributed by atoms with Gasteiger partial charge in [0.2, 0.25) is 0 Å². The second-order valence-corrected chi connectivity index (χ2v) is 4.45. The lowest BCUT2D eigenvalue weighted by Gasteiger charge is -2.23. The number of rotatable bonds is 5. The summed E-state index contributed by atoms with van der Waals surface area (Å²) in [6.45, 7) is 8.22. The molecule has 0 saturated heterocycles. The van der Waals surface area contributed by atoms with E-state index in [4.69, 9.17) is 9.84 Å². The molecule has 0 atom stereocenters. The van der Waals surface area contributed by atoms with Crippen molar-refractivity contribution in [2.24, 2.45) is 5.41 Å². The zero-order chi connectivity index (χ0) is 11.2. The van der Waals surface area contributed by atoms with Gasteiger partial charge in [-0.25, -0.2) is 4.79 Å². The molecule has 0 aliphatic rings. The van der Waals surface area contributed by atoms with E-state index in [1.165, 1.54) is 0 Å². The quantitative estimate of drug-likeness (QED) is 0.712. The van der Waals surface area contributed by atoms with Gasteiger partial charge in [-0.3, -0.25) is 0 Å². The number of ether oxygens (including phenoxy) is 1. The Bertz CT molecular complexity index is 178. The van der Waals surface area contributed by atoms with E-state index in [9.17, 15) is 4.79 Å². The van der Waals surface area contributed by atoms with Crippen LogP contribution in [0.4, 0.5) is 4.79 Å². The Labute approximate surface area is 85.6 Å². The van der Waals surface area contributed by atoms with E-state index >= 15 is 0 Å². The molecule has 0 aromatic heterocycles. The minimum atomic E-state index is -0.397. The number of aliphatic hydroxyl groups excluding tert-OH is 1. The van der Waals surface area contributed by atoms with Crippen LogP contribution in [0.2, 0.25) is 0 Å². The van der Waals surface area contributed by atoms with Gasteiger partial charge in [-0.2, -0.15) is 0 Å². The third-order valence-corrected chi connectivity index (χ3v) is 1.84. The van der Waals surface area contributed by atoms with E-state index in [-0.39, 0.29) is 18.1 Å². The van der Waals surface area contributed by atoms with E-state index in [1.807, 2.05) is 13.8 Å². The maximum Gasteiger partial charge on any atom is 0.407 e. The highest BCUT2D eigenvalue weighted by Gasteiger charge is 2.18. The van der Waals surface area contributed by atoms with Crippen molar-refractivity contribution in [2.75, 3.05) is 13.2 Å². The number of carbonyl (C=O) groups is 1. The highest BCUT2D eigenvalue weighted by molar-refractivity contribution is 5.67. The molecule has 0 fully saturated rings. The Balaban J connectivity index is 3.75. The van der Waals surface area contributed by atoms with Gasteiger partial charge >= 0.3 is 6.09 Å². The second-order valence-electron chi connectivity index (χ2n) is 4.45. The van der Waals surface area contributed by atoms with Crippen molar-refractivity contribution >= 4 is 6.09 Å². The third kappa shape index (κ3) is 6.71. The Morgan fingerprint density at radius 1 is 1.50 bits per heavy atom. The predicted octanol–water partition coefficient (Wildman–Crippen LogP) is 1.53. The summed E-state index contributed by atoms with van der Waals surface area (Å²) in [5.41, 5.74) is -0.0925. The smallest absolute Gasteiger partial charge is 0.407 e. The fraction of sp³-hybridized carbons (Fsp3) is 0.900. The Hall–Kier alpha value is -0.770. The average molecular weight is 203 g/mol. The Morgan fingerprint density at radius 3 is 2.50 bits per heavy atom. The SMILES string of the molecule is CC(C)OC(=O)NCC(C)(C)CCO. The monoisotopic (exact) mass is 203 g/mol. The van der Waals surface area contributed by atoms with Crippen LogP contribution in [0.3, 0.4) is 0 Å². The summed E-state index contributed by atoms with van der Waals surface area (Å²) < 4.78 is 4.91. The molecule has 0 aromatic rings. The van der Waals surface area contributed by atoms with Crippen molar-refractivity contribution < 1.29 is 14.6 Å². The lowest BCUT2D eigenvalue weighted by molar-refractivity contribution is 0.110. The van der Waals surface area contributed by atoms with E-state index in [2.05, 4.69) is 5.32 Å². The number of alkyl carbamates (subject to hydrolysis) is 1. The van der Waals surface area contributed by atoms with Crippen LogP contribution in [-0.2, 0) is 4.74 Å². The third-order valence-electron chi connectivity index (χ3n) is 1.84. The lowest BCUT2D eigenvalue weighted by atomic mass is 9.90. The zero-order valence-electron chi connectivity index (χ0n) is 9.46. The summed E-state index contributed by atoms with van der Waals surface area (Å²) in [5, 5.41) is 11.4. The van der Waals surface area contributed by atoms with Crippen molar-refractivity contribution in [3.63, 3.8) is 0 Å². The predicted molar refractivity (Wildman–Crippen MR) is 55.1 cm³/mol. The molecule has 4 nitrogen and oxygen atoms in total. The molecule has 0 aromatic carbocycles. The van der Waals surface area contributed by atoms with Gasteiger partial charge in [0.1, 0.15) is 0 Å². The molecule has 2 N–H and O–H groups in total. The molecule has 0 aliphatic heterocycles. The normalized spacial score (nSPS) is 11.6. The van der Waals surface area contributed by atoms with Gasteiger partial charge in [0.15, 0.2) is 0 Å². The zero-order valence-corrected chi connectivity index (χ0v) is 9.46. The summed E-state index contributed by atoms with van der Waals surface area (Å²) in [6.07, 6.45) is 0.163. The fourth-order valence-corrected chi connectivity index (χ4v) is 0.958. The van der Waals surface area contributed by atoms with Crippen molar-refractivity contribution in [1.82, 2.24) is 5.32 Å². The first-order valence-electron chi connectivity index (χ1n) is 4.93. The van der Waals surface area contributed by atoms with Crippen LogP contribution in [0, 0.1) is 5.41 Å². The molecule has 0 saturated carbocycles. The van der Waals surface area contributed by atoms with Gasteiger partial charge < -0.3 is 15.2 Å². The number of carbonyl (C=O) groups excluding carboxylic acids is 1. The molecule has 0 aliphatic carbocycles. The number of hydrogen-bond acceptors (Lipinski definition) is 3. The van der Waals surface area contributed by atoms with Crippen LogP contribution in [0.15, 0.2) is 0 Å². The van der Waals surface area contributed by atoms with Crippen LogP contribution >= 0.6 is 0 Å². The summed E-state index contributed by atoms with van der Waals surface area (Å²) in [4.78, 5) is 11.1. The highest BCUT2D eigenvalue weighted by atomic mass is 16.6. The molecular formula is C10H21NO3. The highest BCUT2D eigenvalue weighted by Crippen LogP contribution is 2.17. The summed E-state index contributed by atoms with van der Waals surface area (Å²) >= 11 is 0. The fourth-order valence-electron chi connectivity index (χ4n) is 0.958. The first-order valence-corrected chi connectivity index (χ1v) is 4.93. The molecule has 1 amide bonds. The van der Waals surface area contributed by atoms with Gasteiger partial charge in [0, 0.05) is 13.2 Å². The van der Waals surface area contributed by atoms with Crippen LogP contribution in [0.25, 0.3) is 0 Å². The molecule has 4 heteroatoms. The van der Waals surface area contributed by atoms with E-state index in [0.717, 1.165) is 0 Å². The summed E-state index contributed by atoms with van der Waals surface area (Å²) in [6, 6.07) is 0. The van der Waals surface area contributed by atoms with E-state index in [0.29, 0.717) is 13.0 Å². The standard InChI is InChI=1S/C10H21NO3/c1-8(2)14-9(13)11-7-10(3,4)5-6-12/h8,12H,5-7H2,1-4H3,(H,11,13). The first kappa shape index (κ1) is 13.2. The minimum Gasteiger partial charge on any atom is -0.447 e. The average Bonchev–Trinajstić information content (AvgIpc) is 2.00. The largest absolute Gasteiger partial charge is 0.447 e. The molecular weight excluding hydrogens is 182 g/mol. The van der Waals surface area contributed by atoms with Crippen LogP contribution in [-0.4, -0.2) is 30.5 Å². The number of hydrogen-bond donors (Lipinski definition) is 2. The van der Waals surface area contributed by atoms with E-state index in [1.54, 1.807) is 13.8 Å². The molecule has 0 bridgehead atoms. The lowest BCUT2D eigenvalue weighted by Crippen LogP contribution is -2.35. The molecule has 0 unspecified atom stereocenters. The number of aliphatic hydroxyl groups is 1. The second kappa shape index (κ2) is 5.86. The molecule has 0 radical (unpaired) electrons. The van der Waals surface area contributed by atoms with Crippen molar-refractivity contribution in [1.29, 1.82) is 0 Å². The molecule has 0 heterocycles. The summed E-state index contributed by atoms with van der Waals surface area (Å²) in [7, 11) is 0. The van der Waals surface area contributed by atoms with Crippen LogP contribution in [0.1, 0.15) is 34.1 Å². The maximum atomic E-state index is 11.1. The Kier molecular flexibility index (Phi) is 5.53. The molecule has 14 heavy (non-hydrogen) atoms. The minimum absolute atomic E-state index is 0.0925. The number of amides is 1. The molecule has 0 spiro atoms. The Morgan fingerprint density at radius 2 is 2.07 bits per heavy atom. The topological polar surface area (TPSA) is 58.6 Å². The van der Waals surface area contributed by atoms with Crippen molar-refractivity contribution in [2.45, 2.75) is 40.2 Å². The summed E-state index contributed by atoms with van der Waals surface area (Å²) in [5.74, 6) is 0.